The highest BCUT2D eigenvalue weighted by atomic mass is 16.3. The van der Waals surface area contributed by atoms with E-state index in [0.717, 1.165) is 12.0 Å². The molecule has 1 aliphatic heterocycles. The van der Waals surface area contributed by atoms with E-state index in [0.29, 0.717) is 12.8 Å². The Hall–Kier alpha value is -1.34. The molecule has 2 fully saturated rings. The fourth-order valence-corrected chi connectivity index (χ4v) is 3.51. The van der Waals surface area contributed by atoms with Crippen LogP contribution in [0.4, 0.5) is 0 Å². The Labute approximate surface area is 101 Å². The van der Waals surface area contributed by atoms with Crippen molar-refractivity contribution in [3.05, 3.63) is 12.2 Å². The molecule has 1 saturated heterocycles. The van der Waals surface area contributed by atoms with Gasteiger partial charge in [-0.15, -0.1) is 0 Å². The second-order valence-corrected chi connectivity index (χ2v) is 5.62. The lowest BCUT2D eigenvalue weighted by molar-refractivity contribution is -0.131. The van der Waals surface area contributed by atoms with Crippen molar-refractivity contribution in [3.63, 3.8) is 0 Å². The molecule has 4 heteroatoms. The first-order valence-corrected chi connectivity index (χ1v) is 5.87. The Morgan fingerprint density at radius 2 is 2.24 bits per heavy atom. The first-order chi connectivity index (χ1) is 7.88. The van der Waals surface area contributed by atoms with Crippen molar-refractivity contribution >= 4 is 5.91 Å². The number of hydrogen-bond acceptors (Lipinski definition) is 3. The fraction of sp³-hybridized carbons (Fsp3) is 0.692. The van der Waals surface area contributed by atoms with Crippen LogP contribution in [0.3, 0.4) is 0 Å². The average Bonchev–Trinajstić information content (AvgIpc) is 2.43. The Balaban J connectivity index is 2.42. The summed E-state index contributed by atoms with van der Waals surface area (Å²) in [5.74, 6) is -0.0667. The van der Waals surface area contributed by atoms with Gasteiger partial charge in [0.2, 0.25) is 5.91 Å². The van der Waals surface area contributed by atoms with E-state index in [9.17, 15) is 9.90 Å². The van der Waals surface area contributed by atoms with E-state index >= 15 is 0 Å². The standard InChI is InChI=1S/C13H18N2O2/c1-9-7-12(3)11(2,5-4-6-14)10(17)15-13(9,12)8-16/h16H,1,4-5,7-8H2,2-3H3,(H,15,17)/t11-,12-,13-/m0/s1. The summed E-state index contributed by atoms with van der Waals surface area (Å²) in [6, 6.07) is 2.09. The van der Waals surface area contributed by atoms with Crippen LogP contribution in [0, 0.1) is 22.2 Å². The highest BCUT2D eigenvalue weighted by Gasteiger charge is 2.73. The number of carbonyl (C=O) groups is 1. The van der Waals surface area contributed by atoms with Crippen LogP contribution in [-0.2, 0) is 4.79 Å². The van der Waals surface area contributed by atoms with Crippen molar-refractivity contribution in [2.45, 2.75) is 38.6 Å². The molecule has 2 rings (SSSR count). The Bertz CT molecular complexity index is 439. The van der Waals surface area contributed by atoms with Gasteiger partial charge in [0.1, 0.15) is 0 Å². The van der Waals surface area contributed by atoms with Gasteiger partial charge in [0.15, 0.2) is 0 Å². The molecule has 0 aromatic heterocycles. The van der Waals surface area contributed by atoms with Crippen LogP contribution in [0.25, 0.3) is 0 Å². The molecule has 17 heavy (non-hydrogen) atoms. The van der Waals surface area contributed by atoms with E-state index < -0.39 is 11.0 Å². The molecule has 2 N–H and O–H groups in total. The van der Waals surface area contributed by atoms with Crippen molar-refractivity contribution < 1.29 is 9.90 Å². The first-order valence-electron chi connectivity index (χ1n) is 5.87. The molecule has 2 aliphatic rings. The van der Waals surface area contributed by atoms with Gasteiger partial charge < -0.3 is 10.4 Å². The van der Waals surface area contributed by atoms with Gasteiger partial charge in [-0.25, -0.2) is 0 Å². The molecule has 1 heterocycles. The first kappa shape index (κ1) is 12.1. The molecule has 0 spiro atoms. The predicted molar refractivity (Wildman–Crippen MR) is 62.8 cm³/mol. The molecule has 0 bridgehead atoms. The summed E-state index contributed by atoms with van der Waals surface area (Å²) in [7, 11) is 0. The summed E-state index contributed by atoms with van der Waals surface area (Å²) in [5.41, 5.74) is -0.711. The van der Waals surface area contributed by atoms with Crippen LogP contribution in [0.2, 0.25) is 0 Å². The van der Waals surface area contributed by atoms with E-state index in [-0.39, 0.29) is 17.9 Å². The molecule has 0 radical (unpaired) electrons. The number of carbonyl (C=O) groups excluding carboxylic acids is 1. The fourth-order valence-electron chi connectivity index (χ4n) is 3.51. The second-order valence-electron chi connectivity index (χ2n) is 5.62. The molecule has 0 unspecified atom stereocenters. The summed E-state index contributed by atoms with van der Waals surface area (Å²) in [4.78, 5) is 12.2. The van der Waals surface area contributed by atoms with Gasteiger partial charge >= 0.3 is 0 Å². The zero-order valence-corrected chi connectivity index (χ0v) is 10.3. The number of rotatable bonds is 3. The Kier molecular flexibility index (Phi) is 2.38. The highest BCUT2D eigenvalue weighted by Crippen LogP contribution is 2.67. The molecular formula is C13H18N2O2. The number of amides is 1. The summed E-state index contributed by atoms with van der Waals surface area (Å²) in [6.45, 7) is 7.72. The van der Waals surface area contributed by atoms with E-state index in [1.54, 1.807) is 0 Å². The average molecular weight is 234 g/mol. The number of nitrogens with one attached hydrogen (secondary N) is 1. The van der Waals surface area contributed by atoms with Crippen molar-refractivity contribution in [3.8, 4) is 6.07 Å². The third-order valence-electron chi connectivity index (χ3n) is 5.13. The van der Waals surface area contributed by atoms with Crippen LogP contribution in [0.5, 0.6) is 0 Å². The molecular weight excluding hydrogens is 216 g/mol. The van der Waals surface area contributed by atoms with E-state index in [1.165, 1.54) is 0 Å². The second kappa shape index (κ2) is 3.33. The lowest BCUT2D eigenvalue weighted by atomic mass is 9.45. The van der Waals surface area contributed by atoms with Crippen LogP contribution in [-0.4, -0.2) is 23.2 Å². The topological polar surface area (TPSA) is 73.1 Å². The predicted octanol–water partition coefficient (Wildman–Crippen LogP) is 1.12. The largest absolute Gasteiger partial charge is 0.394 e. The smallest absolute Gasteiger partial charge is 0.227 e. The van der Waals surface area contributed by atoms with Gasteiger partial charge in [-0.3, -0.25) is 4.79 Å². The molecule has 92 valence electrons. The summed E-state index contributed by atoms with van der Waals surface area (Å²) >= 11 is 0. The molecule has 3 atom stereocenters. The SMILES string of the molecule is C=C1C[C@@]2(C)[C@@](C)(CCC#N)C(=O)N[C@@]12CO. The molecule has 4 nitrogen and oxygen atoms in total. The Morgan fingerprint density at radius 3 is 2.65 bits per heavy atom. The molecule has 0 aromatic rings. The lowest BCUT2D eigenvalue weighted by Crippen LogP contribution is -2.65. The van der Waals surface area contributed by atoms with Crippen LogP contribution >= 0.6 is 0 Å². The van der Waals surface area contributed by atoms with E-state index in [2.05, 4.69) is 18.0 Å². The summed E-state index contributed by atoms with van der Waals surface area (Å²) < 4.78 is 0. The molecule has 1 amide bonds. The van der Waals surface area contributed by atoms with Crippen molar-refractivity contribution in [2.75, 3.05) is 6.61 Å². The van der Waals surface area contributed by atoms with E-state index in [1.807, 2.05) is 13.8 Å². The third-order valence-corrected chi connectivity index (χ3v) is 5.13. The van der Waals surface area contributed by atoms with Crippen molar-refractivity contribution in [1.29, 1.82) is 5.26 Å². The monoisotopic (exact) mass is 234 g/mol. The lowest BCUT2D eigenvalue weighted by Gasteiger charge is -2.58. The number of nitriles is 1. The minimum absolute atomic E-state index is 0.0667. The maximum Gasteiger partial charge on any atom is 0.227 e. The Morgan fingerprint density at radius 1 is 1.59 bits per heavy atom. The molecule has 1 aliphatic carbocycles. The summed E-state index contributed by atoms with van der Waals surface area (Å²) in [5, 5.41) is 21.2. The number of aliphatic hydroxyl groups excluding tert-OH is 1. The van der Waals surface area contributed by atoms with Crippen LogP contribution in [0.1, 0.15) is 33.1 Å². The van der Waals surface area contributed by atoms with Crippen molar-refractivity contribution in [2.24, 2.45) is 10.8 Å². The van der Waals surface area contributed by atoms with Gasteiger partial charge in [-0.05, 0) is 18.4 Å². The minimum atomic E-state index is -0.672. The van der Waals surface area contributed by atoms with Crippen molar-refractivity contribution in [1.82, 2.24) is 5.32 Å². The highest BCUT2D eigenvalue weighted by molar-refractivity contribution is 5.90. The van der Waals surface area contributed by atoms with Crippen LogP contribution < -0.4 is 5.32 Å². The minimum Gasteiger partial charge on any atom is -0.394 e. The maximum atomic E-state index is 12.2. The zero-order chi connectivity index (χ0) is 12.9. The number of hydrogen-bond donors (Lipinski definition) is 2. The van der Waals surface area contributed by atoms with E-state index in [4.69, 9.17) is 5.26 Å². The normalized spacial score (nSPS) is 43.6. The van der Waals surface area contributed by atoms with Gasteiger partial charge in [-0.2, -0.15) is 5.26 Å². The zero-order valence-electron chi connectivity index (χ0n) is 10.3. The molecule has 0 aromatic carbocycles. The van der Waals surface area contributed by atoms with Gasteiger partial charge in [0, 0.05) is 11.8 Å². The number of nitrogens with zero attached hydrogens (tertiary/aromatic N) is 1. The summed E-state index contributed by atoms with van der Waals surface area (Å²) in [6.07, 6.45) is 1.61. The number of aliphatic hydroxyl groups is 1. The van der Waals surface area contributed by atoms with Gasteiger partial charge in [-0.1, -0.05) is 20.4 Å². The van der Waals surface area contributed by atoms with Crippen LogP contribution in [0.15, 0.2) is 12.2 Å². The van der Waals surface area contributed by atoms with Gasteiger partial charge in [0.25, 0.3) is 0 Å². The molecule has 1 saturated carbocycles. The maximum absolute atomic E-state index is 12.2. The number of fused-ring (bicyclic) bond motifs is 1. The quantitative estimate of drug-likeness (QED) is 0.719. The van der Waals surface area contributed by atoms with Gasteiger partial charge in [0.05, 0.1) is 23.6 Å². The third kappa shape index (κ3) is 1.08.